The number of likely N-dealkylation sites (tertiary alicyclic amines) is 1. The molecule has 2 amide bonds. The number of anilines is 1. The summed E-state index contributed by atoms with van der Waals surface area (Å²) in [7, 11) is 0. The fraction of sp³-hybridized carbons (Fsp3) is 0.593. The number of halogens is 3. The molecule has 0 saturated carbocycles. The van der Waals surface area contributed by atoms with E-state index in [-0.39, 0.29) is 50.5 Å². The number of ether oxygens (including phenoxy) is 1. The molecule has 3 heterocycles. The summed E-state index contributed by atoms with van der Waals surface area (Å²) in [6.07, 6.45) is -3.06. The molecular formula is C27H33F3N4O3. The maximum atomic E-state index is 13.9. The smallest absolute Gasteiger partial charge is 0.410 e. The molecule has 7 nitrogen and oxygen atoms in total. The van der Waals surface area contributed by atoms with Crippen LogP contribution in [-0.4, -0.2) is 51.8 Å². The van der Waals surface area contributed by atoms with Gasteiger partial charge in [0, 0.05) is 43.4 Å². The lowest BCUT2D eigenvalue weighted by atomic mass is 9.75. The SMILES string of the molecule is CC(C)OC(=O)N1CC2(C1)C(=O)N(Cc1nc3c(n1CCCC(F)(F)F)CCCC3C)c1ccccc12. The van der Waals surface area contributed by atoms with Gasteiger partial charge in [-0.05, 0) is 51.2 Å². The molecule has 0 radical (unpaired) electrons. The van der Waals surface area contributed by atoms with Gasteiger partial charge in [0.05, 0.1) is 18.3 Å². The lowest BCUT2D eigenvalue weighted by molar-refractivity contribution is -0.136. The molecule has 1 spiro atoms. The normalized spacial score (nSPS) is 20.3. The average molecular weight is 519 g/mol. The van der Waals surface area contributed by atoms with Crippen LogP contribution in [0.2, 0.25) is 0 Å². The molecule has 5 rings (SSSR count). The molecule has 1 atom stereocenters. The van der Waals surface area contributed by atoms with Crippen LogP contribution in [0, 0.1) is 0 Å². The van der Waals surface area contributed by atoms with Crippen LogP contribution in [0.15, 0.2) is 24.3 Å². The van der Waals surface area contributed by atoms with Gasteiger partial charge in [0.15, 0.2) is 0 Å². The van der Waals surface area contributed by atoms with Gasteiger partial charge in [0.1, 0.15) is 11.2 Å². The summed E-state index contributed by atoms with van der Waals surface area (Å²) >= 11 is 0. The van der Waals surface area contributed by atoms with Crippen LogP contribution in [0.1, 0.15) is 75.1 Å². The molecule has 1 fully saturated rings. The largest absolute Gasteiger partial charge is 0.447 e. The summed E-state index contributed by atoms with van der Waals surface area (Å²) in [5.74, 6) is 0.737. The molecule has 3 aliphatic rings. The second-order valence-corrected chi connectivity index (χ2v) is 10.8. The third kappa shape index (κ3) is 4.59. The monoisotopic (exact) mass is 518 g/mol. The Balaban J connectivity index is 1.43. The molecule has 1 unspecified atom stereocenters. The number of hydrogen-bond acceptors (Lipinski definition) is 4. The van der Waals surface area contributed by atoms with Crippen molar-refractivity contribution in [2.45, 2.75) is 89.6 Å². The first-order valence-corrected chi connectivity index (χ1v) is 13.0. The maximum absolute atomic E-state index is 13.9. The van der Waals surface area contributed by atoms with Gasteiger partial charge < -0.3 is 19.1 Å². The van der Waals surface area contributed by atoms with E-state index >= 15 is 0 Å². The Morgan fingerprint density at radius 2 is 1.97 bits per heavy atom. The molecule has 2 aromatic rings. The predicted molar refractivity (Wildman–Crippen MR) is 131 cm³/mol. The highest BCUT2D eigenvalue weighted by molar-refractivity contribution is 6.09. The Kier molecular flexibility index (Phi) is 6.48. The molecule has 1 aliphatic carbocycles. The molecule has 1 aromatic carbocycles. The molecule has 1 saturated heterocycles. The van der Waals surface area contributed by atoms with E-state index in [1.807, 2.05) is 28.8 Å². The number of imidazole rings is 1. The highest BCUT2D eigenvalue weighted by Gasteiger charge is 2.59. The van der Waals surface area contributed by atoms with Gasteiger partial charge >= 0.3 is 12.3 Å². The van der Waals surface area contributed by atoms with Gasteiger partial charge in [0.25, 0.3) is 0 Å². The Morgan fingerprint density at radius 1 is 1.24 bits per heavy atom. The maximum Gasteiger partial charge on any atom is 0.410 e. The zero-order valence-electron chi connectivity index (χ0n) is 21.5. The third-order valence-electron chi connectivity index (χ3n) is 7.72. The number of rotatable bonds is 6. The van der Waals surface area contributed by atoms with Crippen molar-refractivity contribution in [2.24, 2.45) is 0 Å². The van der Waals surface area contributed by atoms with Crippen LogP contribution in [0.4, 0.5) is 23.7 Å². The summed E-state index contributed by atoms with van der Waals surface area (Å²) in [5, 5.41) is 0. The van der Waals surface area contributed by atoms with Crippen molar-refractivity contribution in [3.05, 3.63) is 47.0 Å². The number of alkyl halides is 3. The summed E-state index contributed by atoms with van der Waals surface area (Å²) in [4.78, 5) is 34.4. The van der Waals surface area contributed by atoms with Crippen molar-refractivity contribution in [3.8, 4) is 0 Å². The predicted octanol–water partition coefficient (Wildman–Crippen LogP) is 5.31. The van der Waals surface area contributed by atoms with Crippen molar-refractivity contribution in [1.82, 2.24) is 14.5 Å². The minimum absolute atomic E-state index is 0.0327. The van der Waals surface area contributed by atoms with Crippen LogP contribution < -0.4 is 4.90 Å². The number of benzene rings is 1. The Bertz CT molecular complexity index is 1200. The minimum Gasteiger partial charge on any atom is -0.447 e. The van der Waals surface area contributed by atoms with Crippen LogP contribution in [0.3, 0.4) is 0 Å². The number of fused-ring (bicyclic) bond motifs is 3. The summed E-state index contributed by atoms with van der Waals surface area (Å²) in [6.45, 7) is 6.52. The lowest BCUT2D eigenvalue weighted by Gasteiger charge is -2.46. The average Bonchev–Trinajstić information content (AvgIpc) is 3.26. The molecule has 10 heteroatoms. The molecule has 1 aromatic heterocycles. The van der Waals surface area contributed by atoms with Crippen LogP contribution in [-0.2, 0) is 34.5 Å². The van der Waals surface area contributed by atoms with Crippen molar-refractivity contribution in [2.75, 3.05) is 18.0 Å². The molecule has 0 N–H and O–H groups in total. The van der Waals surface area contributed by atoms with Gasteiger partial charge in [-0.1, -0.05) is 25.1 Å². The summed E-state index contributed by atoms with van der Waals surface area (Å²) < 4.78 is 45.9. The molecule has 200 valence electrons. The van der Waals surface area contributed by atoms with E-state index in [4.69, 9.17) is 9.72 Å². The quantitative estimate of drug-likeness (QED) is 0.520. The van der Waals surface area contributed by atoms with E-state index in [0.29, 0.717) is 5.82 Å². The number of carbonyl (C=O) groups is 2. The highest BCUT2D eigenvalue weighted by atomic mass is 19.4. The number of hydrogen-bond donors (Lipinski definition) is 0. The van der Waals surface area contributed by atoms with Crippen LogP contribution >= 0.6 is 0 Å². The number of aromatic nitrogens is 2. The zero-order valence-corrected chi connectivity index (χ0v) is 21.5. The van der Waals surface area contributed by atoms with E-state index in [1.54, 1.807) is 18.7 Å². The van der Waals surface area contributed by atoms with Gasteiger partial charge in [-0.25, -0.2) is 9.78 Å². The van der Waals surface area contributed by atoms with E-state index in [9.17, 15) is 22.8 Å². The summed E-state index contributed by atoms with van der Waals surface area (Å²) in [6, 6.07) is 7.55. The van der Waals surface area contributed by atoms with E-state index in [1.165, 1.54) is 4.90 Å². The van der Waals surface area contributed by atoms with Crippen molar-refractivity contribution in [3.63, 3.8) is 0 Å². The van der Waals surface area contributed by atoms with Crippen LogP contribution in [0.5, 0.6) is 0 Å². The Hall–Kier alpha value is -3.04. The lowest BCUT2D eigenvalue weighted by Crippen LogP contribution is -2.65. The molecule has 37 heavy (non-hydrogen) atoms. The van der Waals surface area contributed by atoms with Gasteiger partial charge in [-0.2, -0.15) is 13.2 Å². The first-order valence-electron chi connectivity index (χ1n) is 13.0. The molecular weight excluding hydrogens is 485 g/mol. The fourth-order valence-corrected chi connectivity index (χ4v) is 5.96. The first-order chi connectivity index (χ1) is 17.5. The number of nitrogens with zero attached hydrogens (tertiary/aromatic N) is 4. The van der Waals surface area contributed by atoms with Gasteiger partial charge in [-0.3, -0.25) is 4.79 Å². The first kappa shape index (κ1) is 25.6. The molecule has 2 aliphatic heterocycles. The van der Waals surface area contributed by atoms with Gasteiger partial charge in [0.2, 0.25) is 5.91 Å². The topological polar surface area (TPSA) is 67.7 Å². The van der Waals surface area contributed by atoms with Gasteiger partial charge in [-0.15, -0.1) is 0 Å². The summed E-state index contributed by atoms with van der Waals surface area (Å²) in [5.41, 5.74) is 2.72. The third-order valence-corrected chi connectivity index (χ3v) is 7.72. The fourth-order valence-electron chi connectivity index (χ4n) is 5.96. The standard InChI is InChI=1S/C27H33F3N4O3/c1-17(2)37-25(36)32-15-26(16-32)19-9-4-5-10-20(19)34(24(26)35)14-22-31-23-18(3)8-6-11-21(23)33(22)13-7-12-27(28,29)30/h4-5,9-10,17-18H,6-8,11-16H2,1-3H3. The molecule has 0 bridgehead atoms. The number of carbonyl (C=O) groups excluding carboxylic acids is 2. The van der Waals surface area contributed by atoms with E-state index < -0.39 is 24.1 Å². The highest BCUT2D eigenvalue weighted by Crippen LogP contribution is 2.48. The number of para-hydroxylation sites is 1. The van der Waals surface area contributed by atoms with Crippen molar-refractivity contribution >= 4 is 17.7 Å². The second-order valence-electron chi connectivity index (χ2n) is 10.8. The number of amides is 2. The van der Waals surface area contributed by atoms with Crippen molar-refractivity contribution < 1.29 is 27.5 Å². The minimum atomic E-state index is -4.21. The van der Waals surface area contributed by atoms with E-state index in [0.717, 1.165) is 41.9 Å². The van der Waals surface area contributed by atoms with Crippen molar-refractivity contribution in [1.29, 1.82) is 0 Å². The Labute approximate surface area is 214 Å². The second kappa shape index (κ2) is 9.36. The van der Waals surface area contributed by atoms with Crippen LogP contribution in [0.25, 0.3) is 0 Å². The Morgan fingerprint density at radius 3 is 2.68 bits per heavy atom. The zero-order chi connectivity index (χ0) is 26.5. The van der Waals surface area contributed by atoms with E-state index in [2.05, 4.69) is 6.92 Å².